The Morgan fingerprint density at radius 3 is 2.95 bits per heavy atom. The molecule has 1 atom stereocenters. The van der Waals surface area contributed by atoms with Gasteiger partial charge in [0.05, 0.1) is 17.4 Å². The second kappa shape index (κ2) is 7.03. The maximum atomic E-state index is 12.4. The summed E-state index contributed by atoms with van der Waals surface area (Å²) >= 11 is 0. The van der Waals surface area contributed by atoms with Gasteiger partial charge in [0.25, 0.3) is 0 Å². The van der Waals surface area contributed by atoms with Crippen molar-refractivity contribution >= 4 is 10.0 Å². The van der Waals surface area contributed by atoms with Crippen molar-refractivity contribution in [1.29, 1.82) is 5.26 Å². The lowest BCUT2D eigenvalue weighted by Crippen LogP contribution is -2.39. The Morgan fingerprint density at radius 1 is 1.48 bits per heavy atom. The molecule has 1 aliphatic rings. The number of rotatable bonds is 5. The Kier molecular flexibility index (Phi) is 5.34. The minimum Gasteiger partial charge on any atom is -0.316 e. The molecule has 1 fully saturated rings. The Labute approximate surface area is 126 Å². The number of piperidine rings is 1. The predicted molar refractivity (Wildman–Crippen MR) is 82.0 cm³/mol. The number of benzene rings is 1. The van der Waals surface area contributed by atoms with E-state index < -0.39 is 10.0 Å². The molecule has 21 heavy (non-hydrogen) atoms. The van der Waals surface area contributed by atoms with Gasteiger partial charge in [0.15, 0.2) is 0 Å². The van der Waals surface area contributed by atoms with Gasteiger partial charge >= 0.3 is 0 Å². The Balaban J connectivity index is 2.01. The third-order valence-corrected chi connectivity index (χ3v) is 5.59. The van der Waals surface area contributed by atoms with E-state index in [0.717, 1.165) is 25.9 Å². The summed E-state index contributed by atoms with van der Waals surface area (Å²) in [6.45, 7) is 2.45. The first-order chi connectivity index (χ1) is 10.0. The molecule has 1 aliphatic heterocycles. The van der Waals surface area contributed by atoms with E-state index in [9.17, 15) is 8.42 Å². The van der Waals surface area contributed by atoms with Crippen LogP contribution in [0.1, 0.15) is 24.0 Å². The van der Waals surface area contributed by atoms with Crippen LogP contribution in [0.3, 0.4) is 0 Å². The van der Waals surface area contributed by atoms with Crippen molar-refractivity contribution in [3.05, 3.63) is 35.4 Å². The first kappa shape index (κ1) is 16.0. The van der Waals surface area contributed by atoms with E-state index in [0.29, 0.717) is 23.6 Å². The molecule has 0 aromatic heterocycles. The molecule has 114 valence electrons. The van der Waals surface area contributed by atoms with Crippen molar-refractivity contribution in [3.63, 3.8) is 0 Å². The highest BCUT2D eigenvalue weighted by molar-refractivity contribution is 7.88. The largest absolute Gasteiger partial charge is 0.316 e. The highest BCUT2D eigenvalue weighted by Gasteiger charge is 2.23. The molecule has 1 heterocycles. The van der Waals surface area contributed by atoms with Crippen LogP contribution in [0.4, 0.5) is 0 Å². The Morgan fingerprint density at radius 2 is 2.29 bits per heavy atom. The van der Waals surface area contributed by atoms with Gasteiger partial charge in [-0.1, -0.05) is 12.1 Å². The minimum atomic E-state index is -3.34. The van der Waals surface area contributed by atoms with Gasteiger partial charge in [-0.3, -0.25) is 0 Å². The van der Waals surface area contributed by atoms with Crippen LogP contribution in [0.5, 0.6) is 0 Å². The molecule has 1 unspecified atom stereocenters. The van der Waals surface area contributed by atoms with Gasteiger partial charge in [-0.2, -0.15) is 5.26 Å². The lowest BCUT2D eigenvalue weighted by molar-refractivity contribution is 0.314. The van der Waals surface area contributed by atoms with Crippen LogP contribution in [0, 0.1) is 17.2 Å². The normalized spacial score (nSPS) is 19.4. The molecule has 1 aromatic rings. The molecule has 1 N–H and O–H groups in total. The quantitative estimate of drug-likeness (QED) is 0.890. The van der Waals surface area contributed by atoms with Crippen LogP contribution in [-0.4, -0.2) is 39.4 Å². The van der Waals surface area contributed by atoms with Crippen molar-refractivity contribution in [1.82, 2.24) is 9.62 Å². The third-order valence-electron chi connectivity index (χ3n) is 3.79. The van der Waals surface area contributed by atoms with Crippen LogP contribution in [0.15, 0.2) is 24.3 Å². The monoisotopic (exact) mass is 307 g/mol. The first-order valence-corrected chi connectivity index (χ1v) is 8.76. The van der Waals surface area contributed by atoms with Crippen molar-refractivity contribution < 1.29 is 8.42 Å². The number of hydrogen-bond acceptors (Lipinski definition) is 4. The summed E-state index contributed by atoms with van der Waals surface area (Å²) < 4.78 is 26.2. The van der Waals surface area contributed by atoms with Gasteiger partial charge in [-0.25, -0.2) is 12.7 Å². The second-order valence-corrected chi connectivity index (χ2v) is 7.64. The zero-order valence-corrected chi connectivity index (χ0v) is 13.1. The summed E-state index contributed by atoms with van der Waals surface area (Å²) in [6.07, 6.45) is 2.17. The van der Waals surface area contributed by atoms with E-state index in [1.165, 1.54) is 4.31 Å². The van der Waals surface area contributed by atoms with Gasteiger partial charge in [-0.05, 0) is 49.5 Å². The molecule has 1 saturated heterocycles. The van der Waals surface area contributed by atoms with E-state index in [-0.39, 0.29) is 5.75 Å². The summed E-state index contributed by atoms with van der Waals surface area (Å²) in [7, 11) is -1.70. The number of nitrogens with zero attached hydrogens (tertiary/aromatic N) is 2. The molecule has 0 saturated carbocycles. The van der Waals surface area contributed by atoms with E-state index in [4.69, 9.17) is 5.26 Å². The number of nitriles is 1. The Hall–Kier alpha value is -1.42. The smallest absolute Gasteiger partial charge is 0.218 e. The lowest BCUT2D eigenvalue weighted by atomic mass is 10.00. The fourth-order valence-corrected chi connectivity index (χ4v) is 3.87. The van der Waals surface area contributed by atoms with E-state index in [1.54, 1.807) is 31.3 Å². The van der Waals surface area contributed by atoms with Crippen molar-refractivity contribution in [2.45, 2.75) is 18.6 Å². The van der Waals surface area contributed by atoms with Crippen LogP contribution in [-0.2, 0) is 15.8 Å². The van der Waals surface area contributed by atoms with Crippen molar-refractivity contribution in [3.8, 4) is 6.07 Å². The number of nitrogens with one attached hydrogen (secondary N) is 1. The molecule has 0 amide bonds. The summed E-state index contributed by atoms with van der Waals surface area (Å²) in [5.41, 5.74) is 1.14. The summed E-state index contributed by atoms with van der Waals surface area (Å²) in [5, 5.41) is 12.2. The topological polar surface area (TPSA) is 73.2 Å². The highest BCUT2D eigenvalue weighted by atomic mass is 32.2. The van der Waals surface area contributed by atoms with Crippen LogP contribution in [0.2, 0.25) is 0 Å². The molecule has 0 spiro atoms. The average Bonchev–Trinajstić information content (AvgIpc) is 2.48. The predicted octanol–water partition coefficient (Wildman–Crippen LogP) is 1.32. The van der Waals surface area contributed by atoms with E-state index in [1.807, 2.05) is 6.07 Å². The lowest BCUT2D eigenvalue weighted by Gasteiger charge is -2.27. The molecule has 6 heteroatoms. The number of hydrogen-bond donors (Lipinski definition) is 1. The summed E-state index contributed by atoms with van der Waals surface area (Å²) in [6, 6.07) is 8.80. The van der Waals surface area contributed by atoms with Crippen LogP contribution < -0.4 is 5.32 Å². The molecule has 0 aliphatic carbocycles. The Bertz CT molecular complexity index is 616. The molecular formula is C15H21N3O2S. The average molecular weight is 307 g/mol. The third kappa shape index (κ3) is 4.53. The molecule has 2 rings (SSSR count). The van der Waals surface area contributed by atoms with E-state index in [2.05, 4.69) is 5.32 Å². The molecule has 0 bridgehead atoms. The highest BCUT2D eigenvalue weighted by Crippen LogP contribution is 2.16. The fourth-order valence-electron chi connectivity index (χ4n) is 2.61. The van der Waals surface area contributed by atoms with Crippen molar-refractivity contribution in [2.75, 3.05) is 26.7 Å². The number of sulfonamides is 1. The zero-order valence-electron chi connectivity index (χ0n) is 12.2. The SMILES string of the molecule is CN(CC1CCCNC1)S(=O)(=O)Cc1cccc(C#N)c1. The maximum absolute atomic E-state index is 12.4. The van der Waals surface area contributed by atoms with Crippen molar-refractivity contribution in [2.24, 2.45) is 5.92 Å². The summed E-state index contributed by atoms with van der Waals surface area (Å²) in [4.78, 5) is 0. The van der Waals surface area contributed by atoms with Crippen LogP contribution in [0.25, 0.3) is 0 Å². The second-order valence-electron chi connectivity index (χ2n) is 5.56. The maximum Gasteiger partial charge on any atom is 0.218 e. The molecule has 5 nitrogen and oxygen atoms in total. The summed E-state index contributed by atoms with van der Waals surface area (Å²) in [5.74, 6) is 0.322. The first-order valence-electron chi connectivity index (χ1n) is 7.15. The van der Waals surface area contributed by atoms with Crippen LogP contribution >= 0.6 is 0 Å². The molecule has 0 radical (unpaired) electrons. The van der Waals surface area contributed by atoms with E-state index >= 15 is 0 Å². The molecule has 1 aromatic carbocycles. The van der Waals surface area contributed by atoms with Gasteiger partial charge in [0.2, 0.25) is 10.0 Å². The van der Waals surface area contributed by atoms with Gasteiger partial charge in [0, 0.05) is 13.6 Å². The minimum absolute atomic E-state index is 0.0564. The zero-order chi connectivity index (χ0) is 15.3. The van der Waals surface area contributed by atoms with Gasteiger partial charge in [0.1, 0.15) is 0 Å². The van der Waals surface area contributed by atoms with Gasteiger partial charge in [-0.15, -0.1) is 0 Å². The standard InChI is InChI=1S/C15H21N3O2S/c1-18(11-15-6-3-7-17-10-15)21(19,20)12-14-5-2-4-13(8-14)9-16/h2,4-5,8,15,17H,3,6-7,10-12H2,1H3. The fraction of sp³-hybridized carbons (Fsp3) is 0.533. The molecular weight excluding hydrogens is 286 g/mol. The van der Waals surface area contributed by atoms with Gasteiger partial charge < -0.3 is 5.32 Å².